The zero-order valence-electron chi connectivity index (χ0n) is 11.2. The first kappa shape index (κ1) is 12.4. The van der Waals surface area contributed by atoms with Gasteiger partial charge >= 0.3 is 0 Å². The minimum atomic E-state index is 0.745. The Hall–Kier alpha value is -2.63. The van der Waals surface area contributed by atoms with Gasteiger partial charge in [0.1, 0.15) is 0 Å². The van der Waals surface area contributed by atoms with Crippen LogP contribution in [0.15, 0.2) is 36.8 Å². The SMILES string of the molecule is Cc1cc2c(NCCn3ccnn3)ccc(N)c2cn1. The predicted octanol–water partition coefficient (Wildman–Crippen LogP) is 1.83. The molecule has 0 saturated heterocycles. The number of nitrogen functional groups attached to an aromatic ring is 1. The summed E-state index contributed by atoms with van der Waals surface area (Å²) >= 11 is 0. The second kappa shape index (κ2) is 5.16. The van der Waals surface area contributed by atoms with Gasteiger partial charge in [-0.25, -0.2) is 0 Å². The summed E-state index contributed by atoms with van der Waals surface area (Å²) in [5, 5.41) is 13.2. The third kappa shape index (κ3) is 2.40. The van der Waals surface area contributed by atoms with Gasteiger partial charge in [-0.15, -0.1) is 5.10 Å². The lowest BCUT2D eigenvalue weighted by Gasteiger charge is -2.11. The largest absolute Gasteiger partial charge is 0.398 e. The standard InChI is InChI=1S/C14H16N6/c1-10-8-11-12(9-17-10)13(15)2-3-14(11)16-4-6-20-7-5-18-19-20/h2-3,5,7-9,16H,4,6,15H2,1H3. The molecule has 0 bridgehead atoms. The smallest absolute Gasteiger partial charge is 0.0692 e. The van der Waals surface area contributed by atoms with Gasteiger partial charge in [0, 0.05) is 46.8 Å². The van der Waals surface area contributed by atoms with Crippen LogP contribution in [0.3, 0.4) is 0 Å². The van der Waals surface area contributed by atoms with Gasteiger partial charge in [-0.3, -0.25) is 9.67 Å². The van der Waals surface area contributed by atoms with Gasteiger partial charge in [-0.2, -0.15) is 0 Å². The van der Waals surface area contributed by atoms with Crippen LogP contribution in [0.25, 0.3) is 10.8 Å². The molecule has 3 N–H and O–H groups in total. The van der Waals surface area contributed by atoms with Gasteiger partial charge in [0.25, 0.3) is 0 Å². The van der Waals surface area contributed by atoms with Gasteiger partial charge in [0.2, 0.25) is 0 Å². The summed E-state index contributed by atoms with van der Waals surface area (Å²) < 4.78 is 1.79. The van der Waals surface area contributed by atoms with Gasteiger partial charge < -0.3 is 11.1 Å². The number of rotatable bonds is 4. The van der Waals surface area contributed by atoms with Crippen molar-refractivity contribution < 1.29 is 0 Å². The van der Waals surface area contributed by atoms with Gasteiger partial charge in [0.15, 0.2) is 0 Å². The molecule has 0 radical (unpaired) electrons. The maximum Gasteiger partial charge on any atom is 0.0692 e. The van der Waals surface area contributed by atoms with Gasteiger partial charge in [-0.1, -0.05) is 5.21 Å². The molecule has 0 atom stereocenters. The molecule has 0 spiro atoms. The number of hydrogen-bond acceptors (Lipinski definition) is 5. The van der Waals surface area contributed by atoms with Crippen molar-refractivity contribution in [3.63, 3.8) is 0 Å². The second-order valence-corrected chi connectivity index (χ2v) is 4.67. The molecule has 0 aliphatic carbocycles. The Balaban J connectivity index is 1.84. The van der Waals surface area contributed by atoms with E-state index in [1.54, 1.807) is 10.9 Å². The minimum absolute atomic E-state index is 0.745. The van der Waals surface area contributed by atoms with Crippen LogP contribution in [0.1, 0.15) is 5.69 Å². The first-order valence-electron chi connectivity index (χ1n) is 6.47. The quantitative estimate of drug-likeness (QED) is 0.705. The number of benzene rings is 1. The summed E-state index contributed by atoms with van der Waals surface area (Å²) in [5.74, 6) is 0. The molecule has 0 unspecified atom stereocenters. The fraction of sp³-hybridized carbons (Fsp3) is 0.214. The second-order valence-electron chi connectivity index (χ2n) is 4.67. The fourth-order valence-electron chi connectivity index (χ4n) is 2.18. The molecule has 0 saturated carbocycles. The molecule has 0 amide bonds. The number of pyridine rings is 1. The number of fused-ring (bicyclic) bond motifs is 1. The Bertz CT molecular complexity index is 720. The highest BCUT2D eigenvalue weighted by Gasteiger charge is 2.05. The van der Waals surface area contributed by atoms with Crippen LogP contribution in [-0.4, -0.2) is 26.5 Å². The monoisotopic (exact) mass is 268 g/mol. The highest BCUT2D eigenvalue weighted by molar-refractivity contribution is 6.00. The van der Waals surface area contributed by atoms with E-state index in [1.165, 1.54) is 0 Å². The van der Waals surface area contributed by atoms with Crippen LogP contribution in [0.2, 0.25) is 0 Å². The zero-order valence-corrected chi connectivity index (χ0v) is 11.2. The maximum absolute atomic E-state index is 5.99. The Morgan fingerprint density at radius 1 is 1.30 bits per heavy atom. The van der Waals surface area contributed by atoms with Crippen LogP contribution in [0.4, 0.5) is 11.4 Å². The van der Waals surface area contributed by atoms with E-state index < -0.39 is 0 Å². The van der Waals surface area contributed by atoms with Crippen molar-refractivity contribution in [1.29, 1.82) is 0 Å². The van der Waals surface area contributed by atoms with Crippen molar-refractivity contribution in [3.05, 3.63) is 42.5 Å². The lowest BCUT2D eigenvalue weighted by atomic mass is 10.1. The molecule has 6 heteroatoms. The minimum Gasteiger partial charge on any atom is -0.398 e. The third-order valence-electron chi connectivity index (χ3n) is 3.20. The normalized spacial score (nSPS) is 10.8. The number of nitrogens with one attached hydrogen (secondary N) is 1. The molecule has 0 aliphatic rings. The first-order valence-corrected chi connectivity index (χ1v) is 6.47. The van der Waals surface area contributed by atoms with Crippen LogP contribution in [-0.2, 0) is 6.54 Å². The van der Waals surface area contributed by atoms with E-state index >= 15 is 0 Å². The predicted molar refractivity (Wildman–Crippen MR) is 79.4 cm³/mol. The van der Waals surface area contributed by atoms with Gasteiger partial charge in [0.05, 0.1) is 12.7 Å². The van der Waals surface area contributed by atoms with Crippen molar-refractivity contribution in [3.8, 4) is 0 Å². The van der Waals surface area contributed by atoms with Crippen LogP contribution >= 0.6 is 0 Å². The van der Waals surface area contributed by atoms with Crippen LogP contribution in [0, 0.1) is 6.92 Å². The molecule has 6 nitrogen and oxygen atoms in total. The van der Waals surface area contributed by atoms with E-state index in [-0.39, 0.29) is 0 Å². The van der Waals surface area contributed by atoms with Crippen molar-refractivity contribution in [2.24, 2.45) is 0 Å². The van der Waals surface area contributed by atoms with Crippen LogP contribution in [0.5, 0.6) is 0 Å². The Morgan fingerprint density at radius 2 is 2.20 bits per heavy atom. The summed E-state index contributed by atoms with van der Waals surface area (Å²) in [7, 11) is 0. The summed E-state index contributed by atoms with van der Waals surface area (Å²) in [4.78, 5) is 4.30. The lowest BCUT2D eigenvalue weighted by molar-refractivity contribution is 0.609. The summed E-state index contributed by atoms with van der Waals surface area (Å²) in [5.41, 5.74) is 8.77. The average molecular weight is 268 g/mol. The molecule has 3 aromatic rings. The number of nitrogens with two attached hydrogens (primary N) is 1. The topological polar surface area (TPSA) is 81.7 Å². The molecule has 2 heterocycles. The Labute approximate surface area is 116 Å². The molecule has 20 heavy (non-hydrogen) atoms. The molecule has 0 aliphatic heterocycles. The van der Waals surface area contributed by atoms with Crippen LogP contribution < -0.4 is 11.1 Å². The molecule has 1 aromatic carbocycles. The zero-order chi connectivity index (χ0) is 13.9. The van der Waals surface area contributed by atoms with Gasteiger partial charge in [-0.05, 0) is 25.1 Å². The van der Waals surface area contributed by atoms with E-state index in [1.807, 2.05) is 37.5 Å². The summed E-state index contributed by atoms with van der Waals surface area (Å²) in [6.45, 7) is 3.50. The van der Waals surface area contributed by atoms with E-state index in [0.717, 1.165) is 40.9 Å². The fourth-order valence-corrected chi connectivity index (χ4v) is 2.18. The van der Waals surface area contributed by atoms with Crippen molar-refractivity contribution in [2.45, 2.75) is 13.5 Å². The molecular formula is C14H16N6. The van der Waals surface area contributed by atoms with E-state index in [2.05, 4.69) is 20.6 Å². The van der Waals surface area contributed by atoms with E-state index in [0.29, 0.717) is 0 Å². The average Bonchev–Trinajstić information content (AvgIpc) is 2.94. The maximum atomic E-state index is 5.99. The van der Waals surface area contributed by atoms with E-state index in [4.69, 9.17) is 5.73 Å². The number of anilines is 2. The van der Waals surface area contributed by atoms with Crippen molar-refractivity contribution >= 4 is 22.1 Å². The number of hydrogen-bond donors (Lipinski definition) is 2. The summed E-state index contributed by atoms with van der Waals surface area (Å²) in [6.07, 6.45) is 5.34. The highest BCUT2D eigenvalue weighted by atomic mass is 15.4. The molecule has 0 fully saturated rings. The Morgan fingerprint density at radius 3 is 3.00 bits per heavy atom. The third-order valence-corrected chi connectivity index (χ3v) is 3.20. The molecule has 3 rings (SSSR count). The number of aryl methyl sites for hydroxylation is 1. The first-order chi connectivity index (χ1) is 9.74. The number of nitrogens with zero attached hydrogens (tertiary/aromatic N) is 4. The van der Waals surface area contributed by atoms with E-state index in [9.17, 15) is 0 Å². The lowest BCUT2D eigenvalue weighted by Crippen LogP contribution is -2.11. The highest BCUT2D eigenvalue weighted by Crippen LogP contribution is 2.28. The number of aromatic nitrogens is 4. The molecule has 2 aromatic heterocycles. The summed E-state index contributed by atoms with van der Waals surface area (Å²) in [6, 6.07) is 5.94. The van der Waals surface area contributed by atoms with Crippen molar-refractivity contribution in [2.75, 3.05) is 17.6 Å². The molecule has 102 valence electrons. The van der Waals surface area contributed by atoms with Crippen molar-refractivity contribution in [1.82, 2.24) is 20.0 Å². The Kier molecular flexibility index (Phi) is 3.20. The molecular weight excluding hydrogens is 252 g/mol.